The summed E-state index contributed by atoms with van der Waals surface area (Å²) in [6.07, 6.45) is 0.750. The number of anilines is 1. The Morgan fingerprint density at radius 2 is 1.89 bits per heavy atom. The number of aryl methyl sites for hydroxylation is 1. The lowest BCUT2D eigenvalue weighted by Crippen LogP contribution is -2.51. The average molecular weight is 420 g/mol. The van der Waals surface area contributed by atoms with Gasteiger partial charge in [0.05, 0.1) is 22.7 Å². The third-order valence-electron chi connectivity index (χ3n) is 5.89. The quantitative estimate of drug-likeness (QED) is 0.633. The van der Waals surface area contributed by atoms with Crippen LogP contribution in [-0.2, 0) is 9.84 Å². The van der Waals surface area contributed by atoms with Crippen LogP contribution in [0.3, 0.4) is 0 Å². The molecule has 5 rings (SSSR count). The van der Waals surface area contributed by atoms with E-state index in [0.29, 0.717) is 22.2 Å². The van der Waals surface area contributed by atoms with Crippen molar-refractivity contribution in [3.8, 4) is 0 Å². The molecule has 1 aromatic carbocycles. The van der Waals surface area contributed by atoms with E-state index in [1.807, 2.05) is 29.6 Å². The fourth-order valence-corrected chi connectivity index (χ4v) is 6.29. The van der Waals surface area contributed by atoms with Crippen LogP contribution in [-0.4, -0.2) is 71.6 Å². The molecular formula is C19H22ClN5O2S. The molecule has 0 amide bonds. The Morgan fingerprint density at radius 3 is 2.61 bits per heavy atom. The molecule has 0 radical (unpaired) electrons. The molecule has 9 heteroatoms. The van der Waals surface area contributed by atoms with Crippen LogP contribution in [0.2, 0.25) is 5.02 Å². The highest BCUT2D eigenvalue weighted by Crippen LogP contribution is 2.31. The Balaban J connectivity index is 1.47. The zero-order chi connectivity index (χ0) is 19.5. The summed E-state index contributed by atoms with van der Waals surface area (Å²) in [5, 5.41) is 6.18. The van der Waals surface area contributed by atoms with Crippen LogP contribution in [0.25, 0.3) is 16.6 Å². The number of sulfone groups is 1. The van der Waals surface area contributed by atoms with Crippen molar-refractivity contribution in [2.24, 2.45) is 0 Å². The predicted octanol–water partition coefficient (Wildman–Crippen LogP) is 2.15. The van der Waals surface area contributed by atoms with E-state index in [4.69, 9.17) is 16.6 Å². The van der Waals surface area contributed by atoms with Crippen LogP contribution in [0, 0.1) is 6.92 Å². The molecular weight excluding hydrogens is 398 g/mol. The molecule has 28 heavy (non-hydrogen) atoms. The average Bonchev–Trinajstić information content (AvgIpc) is 3.21. The van der Waals surface area contributed by atoms with Crippen molar-refractivity contribution >= 4 is 43.8 Å². The molecule has 1 atom stereocenters. The lowest BCUT2D eigenvalue weighted by Gasteiger charge is -2.38. The number of piperazine rings is 1. The van der Waals surface area contributed by atoms with E-state index >= 15 is 0 Å². The van der Waals surface area contributed by atoms with E-state index in [9.17, 15) is 8.42 Å². The Morgan fingerprint density at radius 1 is 1.14 bits per heavy atom. The van der Waals surface area contributed by atoms with Gasteiger partial charge >= 0.3 is 0 Å². The molecule has 0 N–H and O–H groups in total. The molecule has 148 valence electrons. The molecule has 4 heterocycles. The summed E-state index contributed by atoms with van der Waals surface area (Å²) in [7, 11) is -2.86. The van der Waals surface area contributed by atoms with Crippen LogP contribution in [0.5, 0.6) is 0 Å². The molecule has 2 saturated heterocycles. The van der Waals surface area contributed by atoms with Gasteiger partial charge in [0.2, 0.25) is 0 Å². The number of hydrogen-bond acceptors (Lipinski definition) is 6. The lowest BCUT2D eigenvalue weighted by molar-refractivity contribution is 0.200. The first-order valence-electron chi connectivity index (χ1n) is 9.56. The third kappa shape index (κ3) is 2.94. The monoisotopic (exact) mass is 419 g/mol. The second-order valence-corrected chi connectivity index (χ2v) is 10.3. The van der Waals surface area contributed by atoms with E-state index in [1.54, 1.807) is 0 Å². The number of benzene rings is 1. The molecule has 0 unspecified atom stereocenters. The van der Waals surface area contributed by atoms with Gasteiger partial charge in [0.25, 0.3) is 0 Å². The highest BCUT2D eigenvalue weighted by Gasteiger charge is 2.34. The van der Waals surface area contributed by atoms with Crippen molar-refractivity contribution in [1.82, 2.24) is 19.5 Å². The van der Waals surface area contributed by atoms with Gasteiger partial charge in [-0.15, -0.1) is 0 Å². The molecule has 0 spiro atoms. The maximum atomic E-state index is 11.8. The summed E-state index contributed by atoms with van der Waals surface area (Å²) in [6.45, 7) is 5.20. The van der Waals surface area contributed by atoms with Gasteiger partial charge in [-0.1, -0.05) is 23.7 Å². The molecule has 2 aliphatic rings. The Labute approximate surface area is 168 Å². The maximum Gasteiger partial charge on any atom is 0.176 e. The highest BCUT2D eigenvalue weighted by molar-refractivity contribution is 7.91. The highest BCUT2D eigenvalue weighted by atomic mass is 35.5. The lowest BCUT2D eigenvalue weighted by atomic mass is 10.1. The Bertz CT molecular complexity index is 1170. The van der Waals surface area contributed by atoms with Gasteiger partial charge in [-0.3, -0.25) is 4.90 Å². The topological polar surface area (TPSA) is 70.8 Å². The molecule has 7 nitrogen and oxygen atoms in total. The second-order valence-electron chi connectivity index (χ2n) is 7.67. The van der Waals surface area contributed by atoms with Crippen LogP contribution >= 0.6 is 11.6 Å². The van der Waals surface area contributed by atoms with Crippen molar-refractivity contribution < 1.29 is 8.42 Å². The number of hydrogen-bond donors (Lipinski definition) is 0. The standard InChI is InChI=1S/C19H22ClN5O2S/c1-13-17(20)19-21-18(15-4-2-3-5-16(15)25(19)22-13)24-9-7-23(8-10-24)14-6-11-28(26,27)12-14/h2-5,14H,6-12H2,1H3/t14-/m1/s1. The summed E-state index contributed by atoms with van der Waals surface area (Å²) in [5.41, 5.74) is 2.43. The van der Waals surface area contributed by atoms with Crippen molar-refractivity contribution in [2.75, 3.05) is 42.6 Å². The second kappa shape index (κ2) is 6.57. The van der Waals surface area contributed by atoms with E-state index in [-0.39, 0.29) is 6.04 Å². The zero-order valence-corrected chi connectivity index (χ0v) is 17.2. The summed E-state index contributed by atoms with van der Waals surface area (Å²) in [5.74, 6) is 1.54. The van der Waals surface area contributed by atoms with Crippen LogP contribution in [0.1, 0.15) is 12.1 Å². The molecule has 3 aromatic rings. The van der Waals surface area contributed by atoms with Gasteiger partial charge in [0.15, 0.2) is 15.5 Å². The number of halogens is 1. The fraction of sp³-hybridized carbons (Fsp3) is 0.474. The number of para-hydroxylation sites is 1. The minimum atomic E-state index is -2.86. The summed E-state index contributed by atoms with van der Waals surface area (Å²) < 4.78 is 25.4. The van der Waals surface area contributed by atoms with E-state index in [0.717, 1.165) is 55.0 Å². The smallest absolute Gasteiger partial charge is 0.176 e. The first-order chi connectivity index (χ1) is 13.4. The summed E-state index contributed by atoms with van der Waals surface area (Å²) in [6, 6.07) is 8.27. The van der Waals surface area contributed by atoms with E-state index < -0.39 is 9.84 Å². The predicted molar refractivity (Wildman–Crippen MR) is 111 cm³/mol. The largest absolute Gasteiger partial charge is 0.353 e. The van der Waals surface area contributed by atoms with Crippen molar-refractivity contribution in [2.45, 2.75) is 19.4 Å². The fourth-order valence-electron chi connectivity index (χ4n) is 4.37. The molecule has 2 aliphatic heterocycles. The number of rotatable bonds is 2. The molecule has 2 aromatic heterocycles. The first-order valence-corrected chi connectivity index (χ1v) is 11.8. The van der Waals surface area contributed by atoms with Crippen LogP contribution in [0.15, 0.2) is 24.3 Å². The normalized spacial score (nSPS) is 23.1. The summed E-state index contributed by atoms with van der Waals surface area (Å²) >= 11 is 6.46. The molecule has 0 aliphatic carbocycles. The molecule has 0 saturated carbocycles. The van der Waals surface area contributed by atoms with Crippen molar-refractivity contribution in [3.05, 3.63) is 35.0 Å². The van der Waals surface area contributed by atoms with Gasteiger partial charge in [-0.05, 0) is 25.5 Å². The van der Waals surface area contributed by atoms with Crippen LogP contribution < -0.4 is 4.90 Å². The van der Waals surface area contributed by atoms with Crippen molar-refractivity contribution in [3.63, 3.8) is 0 Å². The minimum Gasteiger partial charge on any atom is -0.353 e. The van der Waals surface area contributed by atoms with Crippen LogP contribution in [0.4, 0.5) is 5.82 Å². The number of nitrogens with zero attached hydrogens (tertiary/aromatic N) is 5. The van der Waals surface area contributed by atoms with Gasteiger partial charge in [-0.2, -0.15) is 5.10 Å². The minimum absolute atomic E-state index is 0.159. The first kappa shape index (κ1) is 18.1. The van der Waals surface area contributed by atoms with Crippen molar-refractivity contribution in [1.29, 1.82) is 0 Å². The van der Waals surface area contributed by atoms with Gasteiger partial charge in [0.1, 0.15) is 10.8 Å². The zero-order valence-electron chi connectivity index (χ0n) is 15.7. The van der Waals surface area contributed by atoms with E-state index in [2.05, 4.69) is 21.0 Å². The third-order valence-corrected chi connectivity index (χ3v) is 8.08. The van der Waals surface area contributed by atoms with E-state index in [1.165, 1.54) is 0 Å². The van der Waals surface area contributed by atoms with Gasteiger partial charge < -0.3 is 4.90 Å². The van der Waals surface area contributed by atoms with Gasteiger partial charge in [0, 0.05) is 37.6 Å². The number of aromatic nitrogens is 3. The molecule has 0 bridgehead atoms. The Hall–Kier alpha value is -1.90. The SMILES string of the molecule is Cc1nn2c(nc(N3CCN([C@@H]4CCS(=O)(=O)C4)CC3)c3ccccc32)c1Cl. The maximum absolute atomic E-state index is 11.8. The Kier molecular flexibility index (Phi) is 4.26. The summed E-state index contributed by atoms with van der Waals surface area (Å²) in [4.78, 5) is 9.47. The number of fused-ring (bicyclic) bond motifs is 3. The van der Waals surface area contributed by atoms with Gasteiger partial charge in [-0.25, -0.2) is 17.9 Å². The molecule has 2 fully saturated rings.